The summed E-state index contributed by atoms with van der Waals surface area (Å²) >= 11 is 0. The lowest BCUT2D eigenvalue weighted by Crippen LogP contribution is -2.30. The van der Waals surface area contributed by atoms with Crippen LogP contribution in [0.3, 0.4) is 0 Å². The predicted molar refractivity (Wildman–Crippen MR) is 128 cm³/mol. The van der Waals surface area contributed by atoms with Crippen LogP contribution < -0.4 is 10.9 Å². The summed E-state index contributed by atoms with van der Waals surface area (Å²) in [6.45, 7) is 2.79. The molecule has 3 aromatic heterocycles. The van der Waals surface area contributed by atoms with E-state index < -0.39 is 0 Å². The number of fused-ring (bicyclic) bond motifs is 3. The minimum Gasteiger partial charge on any atom is -0.355 e. The molecule has 0 unspecified atom stereocenters. The Morgan fingerprint density at radius 2 is 1.88 bits per heavy atom. The van der Waals surface area contributed by atoms with Crippen molar-refractivity contribution in [3.63, 3.8) is 0 Å². The van der Waals surface area contributed by atoms with E-state index in [-0.39, 0.29) is 24.6 Å². The first kappa shape index (κ1) is 21.6. The van der Waals surface area contributed by atoms with Crippen LogP contribution in [0.1, 0.15) is 25.7 Å². The lowest BCUT2D eigenvalue weighted by Gasteiger charge is -2.09. The SMILES string of the molecule is CCCCNC(=O)Cn1c2ccccc2c2ncn(Cc3nc(-c4ccccc4)no3)c(=O)c21. The predicted octanol–water partition coefficient (Wildman–Crippen LogP) is 3.37. The van der Waals surface area contributed by atoms with Crippen LogP contribution in [0.15, 0.2) is 70.2 Å². The highest BCUT2D eigenvalue weighted by Crippen LogP contribution is 2.25. The molecular formula is C25H24N6O3. The molecule has 0 bridgehead atoms. The zero-order chi connectivity index (χ0) is 23.5. The Hall–Kier alpha value is -4.27. The number of aromatic nitrogens is 5. The summed E-state index contributed by atoms with van der Waals surface area (Å²) in [6, 6.07) is 17.0. The van der Waals surface area contributed by atoms with Gasteiger partial charge in [0.1, 0.15) is 24.1 Å². The fourth-order valence-corrected chi connectivity index (χ4v) is 4.00. The van der Waals surface area contributed by atoms with Gasteiger partial charge in [-0.2, -0.15) is 4.98 Å². The summed E-state index contributed by atoms with van der Waals surface area (Å²) in [5, 5.41) is 7.77. The number of hydrogen-bond acceptors (Lipinski definition) is 6. The molecule has 3 heterocycles. The molecule has 0 aliphatic heterocycles. The zero-order valence-corrected chi connectivity index (χ0v) is 18.8. The van der Waals surface area contributed by atoms with Crippen molar-refractivity contribution in [3.05, 3.63) is 77.2 Å². The van der Waals surface area contributed by atoms with Crippen molar-refractivity contribution < 1.29 is 9.32 Å². The number of nitrogens with zero attached hydrogens (tertiary/aromatic N) is 5. The molecule has 0 saturated heterocycles. The third kappa shape index (κ3) is 4.07. The summed E-state index contributed by atoms with van der Waals surface area (Å²) < 4.78 is 8.54. The first-order valence-electron chi connectivity index (χ1n) is 11.3. The van der Waals surface area contributed by atoms with Gasteiger partial charge in [-0.15, -0.1) is 0 Å². The maximum atomic E-state index is 13.5. The molecule has 0 fully saturated rings. The number of hydrogen-bond donors (Lipinski definition) is 1. The number of unbranched alkanes of at least 4 members (excludes halogenated alkanes) is 1. The zero-order valence-electron chi connectivity index (χ0n) is 18.8. The van der Waals surface area contributed by atoms with Gasteiger partial charge in [0.05, 0.1) is 11.8 Å². The third-order valence-electron chi connectivity index (χ3n) is 5.69. The van der Waals surface area contributed by atoms with Gasteiger partial charge in [0.15, 0.2) is 0 Å². The van der Waals surface area contributed by atoms with Crippen molar-refractivity contribution in [1.82, 2.24) is 29.6 Å². The maximum absolute atomic E-state index is 13.5. The lowest BCUT2D eigenvalue weighted by molar-refractivity contribution is -0.121. The topological polar surface area (TPSA) is 108 Å². The molecule has 0 saturated carbocycles. The molecule has 34 heavy (non-hydrogen) atoms. The number of carbonyl (C=O) groups is 1. The van der Waals surface area contributed by atoms with Gasteiger partial charge in [-0.3, -0.25) is 14.2 Å². The molecule has 9 heteroatoms. The largest absolute Gasteiger partial charge is 0.355 e. The number of benzene rings is 2. The van der Waals surface area contributed by atoms with Crippen molar-refractivity contribution >= 4 is 27.8 Å². The minimum absolute atomic E-state index is 0.0351. The molecule has 1 amide bonds. The average Bonchev–Trinajstić information content (AvgIpc) is 3.45. The number of amides is 1. The van der Waals surface area contributed by atoms with E-state index in [9.17, 15) is 9.59 Å². The highest BCUT2D eigenvalue weighted by Gasteiger charge is 2.19. The Kier molecular flexibility index (Phi) is 5.90. The monoisotopic (exact) mass is 456 g/mol. The van der Waals surface area contributed by atoms with Crippen LogP contribution in [0.2, 0.25) is 0 Å². The number of carbonyl (C=O) groups excluding carboxylic acids is 1. The summed E-state index contributed by atoms with van der Waals surface area (Å²) in [6.07, 6.45) is 3.38. The van der Waals surface area contributed by atoms with E-state index in [1.165, 1.54) is 10.9 Å². The van der Waals surface area contributed by atoms with Crippen LogP contribution in [0.4, 0.5) is 0 Å². The van der Waals surface area contributed by atoms with Gasteiger partial charge < -0.3 is 14.4 Å². The van der Waals surface area contributed by atoms with Crippen molar-refractivity contribution in [2.45, 2.75) is 32.9 Å². The van der Waals surface area contributed by atoms with Crippen LogP contribution in [0.5, 0.6) is 0 Å². The van der Waals surface area contributed by atoms with Gasteiger partial charge in [-0.25, -0.2) is 4.98 Å². The van der Waals surface area contributed by atoms with E-state index in [4.69, 9.17) is 4.52 Å². The van der Waals surface area contributed by atoms with Crippen LogP contribution in [0, 0.1) is 0 Å². The molecule has 0 radical (unpaired) electrons. The Balaban J connectivity index is 1.52. The summed E-state index contributed by atoms with van der Waals surface area (Å²) in [5.74, 6) is 0.605. The molecule has 5 rings (SSSR count). The summed E-state index contributed by atoms with van der Waals surface area (Å²) in [7, 11) is 0. The van der Waals surface area contributed by atoms with Gasteiger partial charge >= 0.3 is 0 Å². The van der Waals surface area contributed by atoms with Crippen molar-refractivity contribution in [2.24, 2.45) is 0 Å². The quantitative estimate of drug-likeness (QED) is 0.359. The fourth-order valence-electron chi connectivity index (χ4n) is 4.00. The molecule has 5 aromatic rings. The van der Waals surface area contributed by atoms with E-state index in [1.807, 2.05) is 54.6 Å². The van der Waals surface area contributed by atoms with Gasteiger partial charge in [0, 0.05) is 17.5 Å². The second kappa shape index (κ2) is 9.30. The van der Waals surface area contributed by atoms with Gasteiger partial charge in [-0.05, 0) is 12.5 Å². The standard InChI is InChI=1S/C25H24N6O3/c1-2-3-13-26-20(32)14-31-19-12-8-7-11-18(19)22-23(31)25(33)30(16-27-22)15-21-28-24(29-34-21)17-9-5-4-6-10-17/h4-12,16H,2-3,13-15H2,1H3,(H,26,32). The molecule has 0 spiro atoms. The first-order chi connectivity index (χ1) is 16.7. The van der Waals surface area contributed by atoms with Gasteiger partial charge in [0.2, 0.25) is 17.6 Å². The van der Waals surface area contributed by atoms with Crippen molar-refractivity contribution in [3.8, 4) is 11.4 Å². The summed E-state index contributed by atoms with van der Waals surface area (Å²) in [5.41, 5.74) is 2.27. The molecule has 172 valence electrons. The Labute approximate surface area is 195 Å². The Morgan fingerprint density at radius 1 is 1.09 bits per heavy atom. The maximum Gasteiger partial charge on any atom is 0.278 e. The number of rotatable bonds is 8. The Morgan fingerprint density at radius 3 is 2.71 bits per heavy atom. The molecule has 0 atom stereocenters. The third-order valence-corrected chi connectivity index (χ3v) is 5.69. The van der Waals surface area contributed by atoms with Crippen molar-refractivity contribution in [2.75, 3.05) is 6.54 Å². The number of para-hydroxylation sites is 1. The summed E-state index contributed by atoms with van der Waals surface area (Å²) in [4.78, 5) is 35.1. The molecule has 0 aliphatic rings. The molecule has 2 aromatic carbocycles. The highest BCUT2D eigenvalue weighted by molar-refractivity contribution is 6.06. The highest BCUT2D eigenvalue weighted by atomic mass is 16.5. The van der Waals surface area contributed by atoms with E-state index in [2.05, 4.69) is 27.4 Å². The van der Waals surface area contributed by atoms with E-state index in [1.54, 1.807) is 4.57 Å². The smallest absolute Gasteiger partial charge is 0.278 e. The molecule has 0 aliphatic carbocycles. The van der Waals surface area contributed by atoms with E-state index in [0.717, 1.165) is 29.3 Å². The first-order valence-corrected chi connectivity index (χ1v) is 11.3. The number of nitrogens with one attached hydrogen (secondary N) is 1. The van der Waals surface area contributed by atoms with Crippen LogP contribution in [-0.2, 0) is 17.9 Å². The second-order valence-corrected chi connectivity index (χ2v) is 8.06. The van der Waals surface area contributed by atoms with Crippen LogP contribution in [0.25, 0.3) is 33.3 Å². The normalized spacial score (nSPS) is 11.3. The van der Waals surface area contributed by atoms with Crippen LogP contribution in [-0.4, -0.2) is 36.7 Å². The van der Waals surface area contributed by atoms with Gasteiger partial charge in [-0.1, -0.05) is 67.0 Å². The molecular weight excluding hydrogens is 432 g/mol. The average molecular weight is 457 g/mol. The minimum atomic E-state index is -0.276. The molecule has 1 N–H and O–H groups in total. The van der Waals surface area contributed by atoms with E-state index in [0.29, 0.717) is 29.3 Å². The fraction of sp³-hybridized carbons (Fsp3) is 0.240. The lowest BCUT2D eigenvalue weighted by atomic mass is 10.2. The second-order valence-electron chi connectivity index (χ2n) is 8.06. The molecule has 9 nitrogen and oxygen atoms in total. The van der Waals surface area contributed by atoms with Crippen molar-refractivity contribution in [1.29, 1.82) is 0 Å². The van der Waals surface area contributed by atoms with E-state index >= 15 is 0 Å². The van der Waals surface area contributed by atoms with Crippen LogP contribution >= 0.6 is 0 Å². The van der Waals surface area contributed by atoms with Gasteiger partial charge in [0.25, 0.3) is 5.56 Å². The Bertz CT molecular complexity index is 1520.